The van der Waals surface area contributed by atoms with Gasteiger partial charge in [0.1, 0.15) is 18.6 Å². The highest BCUT2D eigenvalue weighted by Crippen LogP contribution is 2.18. The number of aromatic nitrogens is 4. The Balaban J connectivity index is 1.56. The molecule has 1 aromatic carbocycles. The number of nitrogens with zero attached hydrogens (tertiary/aromatic N) is 4. The average Bonchev–Trinajstić information content (AvgIpc) is 3.22. The molecule has 1 amide bonds. The number of thiophene rings is 1. The van der Waals surface area contributed by atoms with Crippen LogP contribution in [0.25, 0.3) is 0 Å². The number of ether oxygens (including phenoxy) is 1. The minimum atomic E-state index is -0.493. The highest BCUT2D eigenvalue weighted by molar-refractivity contribution is 7.12. The maximum Gasteiger partial charge on any atom is 0.333 e. The number of hydrogen-bond donors (Lipinski definition) is 1. The van der Waals surface area contributed by atoms with Gasteiger partial charge in [0.15, 0.2) is 0 Å². The molecule has 9 heteroatoms. The van der Waals surface area contributed by atoms with Crippen LogP contribution < -0.4 is 10.1 Å². The van der Waals surface area contributed by atoms with E-state index >= 15 is 0 Å². The Morgan fingerprint density at radius 3 is 2.70 bits per heavy atom. The number of esters is 1. The molecule has 0 atom stereocenters. The lowest BCUT2D eigenvalue weighted by atomic mass is 10.3. The van der Waals surface area contributed by atoms with Crippen molar-refractivity contribution in [3.63, 3.8) is 0 Å². The first-order chi connectivity index (χ1) is 11.2. The van der Waals surface area contributed by atoms with E-state index in [0.717, 1.165) is 0 Å². The lowest BCUT2D eigenvalue weighted by Gasteiger charge is -2.06. The summed E-state index contributed by atoms with van der Waals surface area (Å²) >= 11 is 1.36. The second-order valence-electron chi connectivity index (χ2n) is 4.44. The standard InChI is InChI=1S/C14H11N5O3S/c20-13(8-19-9-15-17-18-19)22-11-5-3-10(4-6-11)16-14(21)12-2-1-7-23-12/h1-7,9H,8H2,(H,16,21). The molecular formula is C14H11N5O3S. The van der Waals surface area contributed by atoms with Gasteiger partial charge in [-0.25, -0.2) is 9.48 Å². The zero-order chi connectivity index (χ0) is 16.1. The first-order valence-electron chi connectivity index (χ1n) is 6.57. The van der Waals surface area contributed by atoms with Crippen molar-refractivity contribution in [1.82, 2.24) is 20.2 Å². The van der Waals surface area contributed by atoms with Crippen LogP contribution in [-0.4, -0.2) is 32.1 Å². The van der Waals surface area contributed by atoms with E-state index in [1.807, 2.05) is 11.4 Å². The summed E-state index contributed by atoms with van der Waals surface area (Å²) in [5, 5.41) is 15.0. The van der Waals surface area contributed by atoms with Crippen molar-refractivity contribution in [3.05, 3.63) is 53.0 Å². The minimum Gasteiger partial charge on any atom is -0.425 e. The summed E-state index contributed by atoms with van der Waals surface area (Å²) in [5.74, 6) is -0.298. The molecule has 23 heavy (non-hydrogen) atoms. The number of rotatable bonds is 5. The molecule has 8 nitrogen and oxygen atoms in total. The largest absolute Gasteiger partial charge is 0.425 e. The third-order valence-corrected chi connectivity index (χ3v) is 3.64. The normalized spacial score (nSPS) is 10.3. The van der Waals surface area contributed by atoms with Crippen LogP contribution in [0.5, 0.6) is 5.75 Å². The Morgan fingerprint density at radius 2 is 2.04 bits per heavy atom. The van der Waals surface area contributed by atoms with E-state index < -0.39 is 5.97 Å². The minimum absolute atomic E-state index is 0.0795. The summed E-state index contributed by atoms with van der Waals surface area (Å²) in [5.41, 5.74) is 0.615. The summed E-state index contributed by atoms with van der Waals surface area (Å²) in [6.07, 6.45) is 1.32. The summed E-state index contributed by atoms with van der Waals surface area (Å²) in [6, 6.07) is 10.1. The number of carbonyl (C=O) groups is 2. The fourth-order valence-corrected chi connectivity index (χ4v) is 2.37. The molecule has 0 bridgehead atoms. The van der Waals surface area contributed by atoms with Crippen LogP contribution >= 0.6 is 11.3 Å². The van der Waals surface area contributed by atoms with Gasteiger partial charge in [-0.3, -0.25) is 4.79 Å². The summed E-state index contributed by atoms with van der Waals surface area (Å²) in [6.45, 7) is -0.0795. The molecule has 2 heterocycles. The van der Waals surface area contributed by atoms with E-state index in [1.165, 1.54) is 22.3 Å². The van der Waals surface area contributed by atoms with Crippen molar-refractivity contribution in [2.45, 2.75) is 6.54 Å². The number of anilines is 1. The van der Waals surface area contributed by atoms with Crippen molar-refractivity contribution < 1.29 is 14.3 Å². The van der Waals surface area contributed by atoms with Crippen LogP contribution in [0, 0.1) is 0 Å². The Morgan fingerprint density at radius 1 is 1.22 bits per heavy atom. The molecule has 116 valence electrons. The lowest BCUT2D eigenvalue weighted by molar-refractivity contribution is -0.135. The van der Waals surface area contributed by atoms with Crippen LogP contribution in [0.2, 0.25) is 0 Å². The van der Waals surface area contributed by atoms with Gasteiger partial charge in [0, 0.05) is 5.69 Å². The maximum absolute atomic E-state index is 11.9. The van der Waals surface area contributed by atoms with E-state index in [4.69, 9.17) is 4.74 Å². The van der Waals surface area contributed by atoms with Crippen molar-refractivity contribution in [2.75, 3.05) is 5.32 Å². The van der Waals surface area contributed by atoms with Gasteiger partial charge in [0.05, 0.1) is 4.88 Å². The van der Waals surface area contributed by atoms with Crippen LogP contribution in [-0.2, 0) is 11.3 Å². The molecular weight excluding hydrogens is 318 g/mol. The fourth-order valence-electron chi connectivity index (χ4n) is 1.76. The predicted molar refractivity (Wildman–Crippen MR) is 82.2 cm³/mol. The molecule has 0 aliphatic rings. The fraction of sp³-hybridized carbons (Fsp3) is 0.0714. The second kappa shape index (κ2) is 6.79. The lowest BCUT2D eigenvalue weighted by Crippen LogP contribution is -2.16. The third-order valence-electron chi connectivity index (χ3n) is 2.77. The van der Waals surface area contributed by atoms with Gasteiger partial charge >= 0.3 is 5.97 Å². The first kappa shape index (κ1) is 14.9. The van der Waals surface area contributed by atoms with Gasteiger partial charge in [-0.15, -0.1) is 16.4 Å². The average molecular weight is 329 g/mol. The van der Waals surface area contributed by atoms with Crippen LogP contribution in [0.4, 0.5) is 5.69 Å². The zero-order valence-corrected chi connectivity index (χ0v) is 12.6. The summed E-state index contributed by atoms with van der Waals surface area (Å²) in [7, 11) is 0. The third kappa shape index (κ3) is 3.98. The van der Waals surface area contributed by atoms with E-state index in [0.29, 0.717) is 16.3 Å². The van der Waals surface area contributed by atoms with Gasteiger partial charge in [0.2, 0.25) is 0 Å². The molecule has 0 saturated heterocycles. The quantitative estimate of drug-likeness (QED) is 0.564. The maximum atomic E-state index is 11.9. The smallest absolute Gasteiger partial charge is 0.333 e. The van der Waals surface area contributed by atoms with Gasteiger partial charge in [-0.1, -0.05) is 6.07 Å². The molecule has 3 rings (SSSR count). The Kier molecular flexibility index (Phi) is 4.39. The molecule has 0 aliphatic carbocycles. The van der Waals surface area contributed by atoms with Gasteiger partial charge in [-0.2, -0.15) is 0 Å². The van der Waals surface area contributed by atoms with E-state index in [-0.39, 0.29) is 12.5 Å². The molecule has 2 aromatic heterocycles. The summed E-state index contributed by atoms with van der Waals surface area (Å²) in [4.78, 5) is 24.2. The monoisotopic (exact) mass is 329 g/mol. The van der Waals surface area contributed by atoms with Gasteiger partial charge < -0.3 is 10.1 Å². The highest BCUT2D eigenvalue weighted by Gasteiger charge is 2.09. The topological polar surface area (TPSA) is 99.0 Å². The SMILES string of the molecule is O=C(Cn1cnnn1)Oc1ccc(NC(=O)c2cccs2)cc1. The van der Waals surface area contributed by atoms with E-state index in [2.05, 4.69) is 20.8 Å². The molecule has 0 radical (unpaired) electrons. The second-order valence-corrected chi connectivity index (χ2v) is 5.38. The molecule has 0 saturated carbocycles. The Bertz CT molecular complexity index is 784. The molecule has 3 aromatic rings. The summed E-state index contributed by atoms with van der Waals surface area (Å²) < 4.78 is 6.42. The molecule has 0 aliphatic heterocycles. The number of amides is 1. The van der Waals surface area contributed by atoms with E-state index in [9.17, 15) is 9.59 Å². The van der Waals surface area contributed by atoms with Gasteiger partial charge in [0.25, 0.3) is 5.91 Å². The van der Waals surface area contributed by atoms with Crippen LogP contribution in [0.3, 0.4) is 0 Å². The number of benzene rings is 1. The number of carbonyl (C=O) groups excluding carboxylic acids is 2. The van der Waals surface area contributed by atoms with E-state index in [1.54, 1.807) is 30.3 Å². The Labute approximate surface area is 134 Å². The highest BCUT2D eigenvalue weighted by atomic mass is 32.1. The number of hydrogen-bond acceptors (Lipinski definition) is 7. The Hall–Kier alpha value is -3.07. The zero-order valence-electron chi connectivity index (χ0n) is 11.7. The van der Waals surface area contributed by atoms with Crippen molar-refractivity contribution in [3.8, 4) is 5.75 Å². The van der Waals surface area contributed by atoms with Crippen molar-refractivity contribution >= 4 is 28.9 Å². The van der Waals surface area contributed by atoms with Crippen molar-refractivity contribution in [2.24, 2.45) is 0 Å². The first-order valence-corrected chi connectivity index (χ1v) is 7.45. The number of tetrazole rings is 1. The predicted octanol–water partition coefficient (Wildman–Crippen LogP) is 1.59. The van der Waals surface area contributed by atoms with Crippen LogP contribution in [0.1, 0.15) is 9.67 Å². The van der Waals surface area contributed by atoms with Crippen LogP contribution in [0.15, 0.2) is 48.1 Å². The number of nitrogens with one attached hydrogen (secondary N) is 1. The van der Waals surface area contributed by atoms with Crippen molar-refractivity contribution in [1.29, 1.82) is 0 Å². The van der Waals surface area contributed by atoms with Gasteiger partial charge in [-0.05, 0) is 46.1 Å². The molecule has 0 fully saturated rings. The molecule has 0 spiro atoms. The molecule has 0 unspecified atom stereocenters. The molecule has 1 N–H and O–H groups in total.